The summed E-state index contributed by atoms with van der Waals surface area (Å²) >= 11 is 0. The highest BCUT2D eigenvalue weighted by Gasteiger charge is 2.22. The molecule has 1 rings (SSSR count). The van der Waals surface area contributed by atoms with Crippen molar-refractivity contribution in [3.8, 4) is 0 Å². The van der Waals surface area contributed by atoms with E-state index in [1.165, 1.54) is 5.06 Å². The van der Waals surface area contributed by atoms with E-state index in [1.54, 1.807) is 0 Å². The molecular formula is C6H13NO2. The Balaban J connectivity index is 2.41. The molecule has 0 aromatic carbocycles. The Morgan fingerprint density at radius 3 is 2.11 bits per heavy atom. The molecule has 1 aliphatic heterocycles. The van der Waals surface area contributed by atoms with Gasteiger partial charge in [-0.05, 0) is 13.8 Å². The van der Waals surface area contributed by atoms with Crippen LogP contribution in [0, 0.1) is 0 Å². The third kappa shape index (κ3) is 1.41. The molecule has 0 amide bonds. The number of hydrogen-bond acceptors (Lipinski definition) is 3. The van der Waals surface area contributed by atoms with Crippen LogP contribution < -0.4 is 0 Å². The molecular weight excluding hydrogens is 118 g/mol. The lowest BCUT2D eigenvalue weighted by Crippen LogP contribution is -2.47. The molecule has 1 heterocycles. The molecule has 9 heavy (non-hydrogen) atoms. The zero-order valence-corrected chi connectivity index (χ0v) is 5.87. The van der Waals surface area contributed by atoms with Gasteiger partial charge in [-0.3, -0.25) is 0 Å². The van der Waals surface area contributed by atoms with E-state index in [0.717, 1.165) is 0 Å². The lowest BCUT2D eigenvalue weighted by Gasteiger charge is -2.33. The maximum absolute atomic E-state index is 9.20. The van der Waals surface area contributed by atoms with Gasteiger partial charge in [0.2, 0.25) is 0 Å². The Bertz CT molecular complexity index is 87.1. The monoisotopic (exact) mass is 131 g/mol. The van der Waals surface area contributed by atoms with Gasteiger partial charge in [-0.1, -0.05) is 0 Å². The summed E-state index contributed by atoms with van der Waals surface area (Å²) in [5.74, 6) is 0. The Kier molecular flexibility index (Phi) is 2.05. The van der Waals surface area contributed by atoms with E-state index in [2.05, 4.69) is 0 Å². The molecule has 1 N–H and O–H groups in total. The summed E-state index contributed by atoms with van der Waals surface area (Å²) in [6.45, 7) is 5.16. The van der Waals surface area contributed by atoms with Crippen LogP contribution in [0.3, 0.4) is 0 Å². The molecule has 0 aromatic rings. The quantitative estimate of drug-likeness (QED) is 0.519. The largest absolute Gasteiger partial charge is 0.378 e. The minimum atomic E-state index is 0.147. The first-order chi connectivity index (χ1) is 4.22. The fourth-order valence-electron chi connectivity index (χ4n) is 0.996. The third-order valence-electron chi connectivity index (χ3n) is 1.62. The number of hydrogen-bond donors (Lipinski definition) is 1. The van der Waals surface area contributed by atoms with Gasteiger partial charge in [0.1, 0.15) is 0 Å². The highest BCUT2D eigenvalue weighted by atomic mass is 16.5. The van der Waals surface area contributed by atoms with Crippen LogP contribution in [0.25, 0.3) is 0 Å². The Morgan fingerprint density at radius 2 is 1.78 bits per heavy atom. The first kappa shape index (κ1) is 6.99. The van der Waals surface area contributed by atoms with Gasteiger partial charge >= 0.3 is 0 Å². The van der Waals surface area contributed by atoms with Crippen molar-refractivity contribution >= 4 is 0 Å². The van der Waals surface area contributed by atoms with Crippen LogP contribution in [0.5, 0.6) is 0 Å². The molecule has 3 heteroatoms. The number of nitrogens with zero attached hydrogens (tertiary/aromatic N) is 1. The molecule has 3 nitrogen and oxygen atoms in total. The second kappa shape index (κ2) is 2.64. The second-order valence-corrected chi connectivity index (χ2v) is 2.62. The zero-order chi connectivity index (χ0) is 6.85. The third-order valence-corrected chi connectivity index (χ3v) is 1.62. The molecule has 0 aliphatic carbocycles. The highest BCUT2D eigenvalue weighted by Crippen LogP contribution is 2.08. The lowest BCUT2D eigenvalue weighted by atomic mass is 10.2. The van der Waals surface area contributed by atoms with Crippen LogP contribution in [0.1, 0.15) is 13.8 Å². The van der Waals surface area contributed by atoms with Gasteiger partial charge in [-0.25, -0.2) is 0 Å². The average molecular weight is 131 g/mol. The predicted molar refractivity (Wildman–Crippen MR) is 33.4 cm³/mol. The molecule has 0 spiro atoms. The van der Waals surface area contributed by atoms with E-state index in [9.17, 15) is 5.21 Å². The van der Waals surface area contributed by atoms with Crippen molar-refractivity contribution in [3.63, 3.8) is 0 Å². The van der Waals surface area contributed by atoms with Gasteiger partial charge in [0.05, 0.1) is 25.3 Å². The molecule has 54 valence electrons. The Morgan fingerprint density at radius 1 is 1.33 bits per heavy atom. The van der Waals surface area contributed by atoms with Gasteiger partial charge in [0.25, 0.3) is 0 Å². The minimum absolute atomic E-state index is 0.147. The summed E-state index contributed by atoms with van der Waals surface area (Å²) in [5.41, 5.74) is 0. The molecule has 0 saturated carbocycles. The van der Waals surface area contributed by atoms with Crippen LogP contribution in [0.15, 0.2) is 0 Å². The van der Waals surface area contributed by atoms with Crippen molar-refractivity contribution in [3.05, 3.63) is 0 Å². The lowest BCUT2D eigenvalue weighted by molar-refractivity contribution is -0.206. The smallest absolute Gasteiger partial charge is 0.0643 e. The molecule has 0 aromatic heterocycles. The maximum atomic E-state index is 9.20. The fourth-order valence-corrected chi connectivity index (χ4v) is 0.996. The number of rotatable bonds is 0. The van der Waals surface area contributed by atoms with Crippen molar-refractivity contribution in [2.45, 2.75) is 25.9 Å². The Labute approximate surface area is 55.2 Å². The van der Waals surface area contributed by atoms with Crippen molar-refractivity contribution in [2.24, 2.45) is 0 Å². The highest BCUT2D eigenvalue weighted by molar-refractivity contribution is 4.69. The standard InChI is InChI=1S/C6H13NO2/c1-5-3-9-4-6(2)7(5)8/h5-6,8H,3-4H2,1-2H3/t5-,6+. The fraction of sp³-hybridized carbons (Fsp3) is 1.00. The molecule has 0 radical (unpaired) electrons. The van der Waals surface area contributed by atoms with Crippen LogP contribution >= 0.6 is 0 Å². The van der Waals surface area contributed by atoms with Crippen molar-refractivity contribution in [1.29, 1.82) is 0 Å². The van der Waals surface area contributed by atoms with Crippen molar-refractivity contribution in [2.75, 3.05) is 13.2 Å². The molecule has 1 saturated heterocycles. The molecule has 0 bridgehead atoms. The maximum Gasteiger partial charge on any atom is 0.0643 e. The van der Waals surface area contributed by atoms with E-state index >= 15 is 0 Å². The zero-order valence-electron chi connectivity index (χ0n) is 5.87. The van der Waals surface area contributed by atoms with Gasteiger partial charge in [-0.15, -0.1) is 0 Å². The summed E-state index contributed by atoms with van der Waals surface area (Å²) in [6.07, 6.45) is 0. The summed E-state index contributed by atoms with van der Waals surface area (Å²) in [4.78, 5) is 0. The number of hydroxylamine groups is 2. The van der Waals surface area contributed by atoms with Gasteiger partial charge in [0, 0.05) is 0 Å². The average Bonchev–Trinajstić information content (AvgIpc) is 1.83. The first-order valence-electron chi connectivity index (χ1n) is 3.26. The summed E-state index contributed by atoms with van der Waals surface area (Å²) < 4.78 is 5.16. The van der Waals surface area contributed by atoms with E-state index < -0.39 is 0 Å². The van der Waals surface area contributed by atoms with E-state index in [4.69, 9.17) is 4.74 Å². The minimum Gasteiger partial charge on any atom is -0.378 e. The van der Waals surface area contributed by atoms with Gasteiger partial charge in [-0.2, -0.15) is 5.06 Å². The molecule has 2 atom stereocenters. The van der Waals surface area contributed by atoms with E-state index in [1.807, 2.05) is 13.8 Å². The summed E-state index contributed by atoms with van der Waals surface area (Å²) in [5, 5.41) is 10.6. The van der Waals surface area contributed by atoms with E-state index in [-0.39, 0.29) is 12.1 Å². The van der Waals surface area contributed by atoms with Crippen molar-refractivity contribution in [1.82, 2.24) is 5.06 Å². The first-order valence-corrected chi connectivity index (χ1v) is 3.26. The summed E-state index contributed by atoms with van der Waals surface area (Å²) in [7, 11) is 0. The van der Waals surface area contributed by atoms with E-state index in [0.29, 0.717) is 13.2 Å². The second-order valence-electron chi connectivity index (χ2n) is 2.62. The van der Waals surface area contributed by atoms with Gasteiger partial charge in [0.15, 0.2) is 0 Å². The number of morpholine rings is 1. The summed E-state index contributed by atoms with van der Waals surface area (Å²) in [6, 6.07) is 0.294. The normalized spacial score (nSPS) is 39.0. The SMILES string of the molecule is C[C@@H]1COC[C@H](C)N1O. The molecule has 1 fully saturated rings. The van der Waals surface area contributed by atoms with Crippen LogP contribution in [0.4, 0.5) is 0 Å². The number of ether oxygens (including phenoxy) is 1. The van der Waals surface area contributed by atoms with Crippen LogP contribution in [0.2, 0.25) is 0 Å². The predicted octanol–water partition coefficient (Wildman–Crippen LogP) is 0.485. The van der Waals surface area contributed by atoms with Crippen LogP contribution in [-0.4, -0.2) is 35.6 Å². The molecule has 0 unspecified atom stereocenters. The Hall–Kier alpha value is -0.120. The molecule has 1 aliphatic rings. The van der Waals surface area contributed by atoms with Crippen molar-refractivity contribution < 1.29 is 9.94 Å². The topological polar surface area (TPSA) is 32.7 Å². The van der Waals surface area contributed by atoms with Gasteiger partial charge < -0.3 is 9.94 Å². The van der Waals surface area contributed by atoms with Crippen LogP contribution in [-0.2, 0) is 4.74 Å².